The summed E-state index contributed by atoms with van der Waals surface area (Å²) >= 11 is 0. The standard InChI is InChI=1S/C23H25FN6O/c1-16(2)30-15-25-21-11-19(4-5-20(21)23(30)31)28-9-7-27(8-10-28)13-18-14-29-12-17(24)3-6-22(29)26-18/h3-6,11-12,14-16H,7-10,13H2,1-2H3. The molecular formula is C23H25FN6O. The Hall–Kier alpha value is -3.26. The van der Waals surface area contributed by atoms with E-state index in [1.807, 2.05) is 38.2 Å². The highest BCUT2D eigenvalue weighted by atomic mass is 19.1. The monoisotopic (exact) mass is 420 g/mol. The van der Waals surface area contributed by atoms with Crippen LogP contribution in [0.3, 0.4) is 0 Å². The van der Waals surface area contributed by atoms with Crippen molar-refractivity contribution in [2.45, 2.75) is 26.4 Å². The molecule has 5 rings (SSSR count). The zero-order valence-electron chi connectivity index (χ0n) is 17.7. The van der Waals surface area contributed by atoms with Crippen molar-refractivity contribution in [1.82, 2.24) is 23.8 Å². The second-order valence-electron chi connectivity index (χ2n) is 8.36. The van der Waals surface area contributed by atoms with Gasteiger partial charge in [0.15, 0.2) is 0 Å². The molecule has 1 aromatic carbocycles. The summed E-state index contributed by atoms with van der Waals surface area (Å²) in [6.07, 6.45) is 4.98. The van der Waals surface area contributed by atoms with Crippen LogP contribution in [0.1, 0.15) is 25.6 Å². The molecule has 0 unspecified atom stereocenters. The number of nitrogens with zero attached hydrogens (tertiary/aromatic N) is 6. The van der Waals surface area contributed by atoms with Crippen molar-refractivity contribution >= 4 is 22.2 Å². The molecule has 0 amide bonds. The molecule has 3 aromatic heterocycles. The smallest absolute Gasteiger partial charge is 0.261 e. The van der Waals surface area contributed by atoms with Gasteiger partial charge in [0, 0.05) is 56.8 Å². The zero-order chi connectivity index (χ0) is 21.5. The van der Waals surface area contributed by atoms with Crippen LogP contribution in [0.4, 0.5) is 10.1 Å². The highest BCUT2D eigenvalue weighted by Crippen LogP contribution is 2.21. The minimum atomic E-state index is -0.266. The summed E-state index contributed by atoms with van der Waals surface area (Å²) in [5.74, 6) is -0.266. The van der Waals surface area contributed by atoms with Crippen LogP contribution in [0, 0.1) is 5.82 Å². The van der Waals surface area contributed by atoms with Gasteiger partial charge >= 0.3 is 0 Å². The van der Waals surface area contributed by atoms with Crippen LogP contribution in [-0.4, -0.2) is 50.0 Å². The van der Waals surface area contributed by atoms with Gasteiger partial charge in [-0.3, -0.25) is 14.3 Å². The molecule has 1 aliphatic heterocycles. The third-order valence-corrected chi connectivity index (χ3v) is 5.91. The molecule has 0 N–H and O–H groups in total. The van der Waals surface area contributed by atoms with Gasteiger partial charge in [-0.25, -0.2) is 14.4 Å². The normalized spacial score (nSPS) is 15.4. The van der Waals surface area contributed by atoms with Crippen molar-refractivity contribution in [2.75, 3.05) is 31.1 Å². The number of aromatic nitrogens is 4. The first-order valence-electron chi connectivity index (χ1n) is 10.6. The third-order valence-electron chi connectivity index (χ3n) is 5.91. The first kappa shape index (κ1) is 19.7. The van der Waals surface area contributed by atoms with Gasteiger partial charge in [-0.1, -0.05) is 0 Å². The second-order valence-corrected chi connectivity index (χ2v) is 8.36. The van der Waals surface area contributed by atoms with Crippen LogP contribution in [0.5, 0.6) is 0 Å². The molecule has 0 atom stereocenters. The minimum Gasteiger partial charge on any atom is -0.369 e. The van der Waals surface area contributed by atoms with Crippen LogP contribution in [0.15, 0.2) is 53.8 Å². The molecule has 0 spiro atoms. The number of hydrogen-bond donors (Lipinski definition) is 0. The molecule has 0 saturated carbocycles. The fourth-order valence-corrected chi connectivity index (χ4v) is 4.17. The van der Waals surface area contributed by atoms with E-state index in [1.165, 1.54) is 12.3 Å². The maximum absolute atomic E-state index is 13.4. The highest BCUT2D eigenvalue weighted by Gasteiger charge is 2.19. The van der Waals surface area contributed by atoms with Crippen molar-refractivity contribution in [3.05, 3.63) is 70.9 Å². The number of rotatable bonds is 4. The van der Waals surface area contributed by atoms with E-state index in [9.17, 15) is 9.18 Å². The number of benzene rings is 1. The lowest BCUT2D eigenvalue weighted by Gasteiger charge is -2.35. The Kier molecular flexibility index (Phi) is 4.94. The molecule has 8 heteroatoms. The highest BCUT2D eigenvalue weighted by molar-refractivity contribution is 5.81. The van der Waals surface area contributed by atoms with Crippen molar-refractivity contribution in [3.8, 4) is 0 Å². The maximum atomic E-state index is 13.4. The average Bonchev–Trinajstić information content (AvgIpc) is 3.15. The topological polar surface area (TPSA) is 58.7 Å². The summed E-state index contributed by atoms with van der Waals surface area (Å²) in [6.45, 7) is 8.28. The Morgan fingerprint density at radius 1 is 1.06 bits per heavy atom. The van der Waals surface area contributed by atoms with E-state index in [1.54, 1.807) is 21.4 Å². The van der Waals surface area contributed by atoms with Gasteiger partial charge in [-0.05, 0) is 44.2 Å². The van der Waals surface area contributed by atoms with E-state index in [0.29, 0.717) is 5.39 Å². The Balaban J connectivity index is 1.28. The SMILES string of the molecule is CC(C)n1cnc2cc(N3CCN(Cc4cn5cc(F)ccc5n4)CC3)ccc2c1=O. The quantitative estimate of drug-likeness (QED) is 0.508. The van der Waals surface area contributed by atoms with Gasteiger partial charge in [0.25, 0.3) is 5.56 Å². The fraction of sp³-hybridized carbons (Fsp3) is 0.348. The molecule has 31 heavy (non-hydrogen) atoms. The number of fused-ring (bicyclic) bond motifs is 2. The Bertz CT molecular complexity index is 1300. The first-order chi connectivity index (χ1) is 15.0. The van der Waals surface area contributed by atoms with Gasteiger partial charge in [0.05, 0.1) is 22.9 Å². The van der Waals surface area contributed by atoms with E-state index in [-0.39, 0.29) is 17.4 Å². The van der Waals surface area contributed by atoms with E-state index < -0.39 is 0 Å². The van der Waals surface area contributed by atoms with E-state index >= 15 is 0 Å². The number of pyridine rings is 1. The predicted octanol–water partition coefficient (Wildman–Crippen LogP) is 3.09. The lowest BCUT2D eigenvalue weighted by atomic mass is 10.2. The van der Waals surface area contributed by atoms with Crippen molar-refractivity contribution in [2.24, 2.45) is 0 Å². The predicted molar refractivity (Wildman–Crippen MR) is 119 cm³/mol. The molecule has 4 heterocycles. The van der Waals surface area contributed by atoms with Gasteiger partial charge in [0.1, 0.15) is 11.5 Å². The second kappa shape index (κ2) is 7.77. The van der Waals surface area contributed by atoms with Crippen LogP contribution in [-0.2, 0) is 6.54 Å². The summed E-state index contributed by atoms with van der Waals surface area (Å²) in [5.41, 5.74) is 3.53. The largest absolute Gasteiger partial charge is 0.369 e. The summed E-state index contributed by atoms with van der Waals surface area (Å²) < 4.78 is 16.8. The fourth-order valence-electron chi connectivity index (χ4n) is 4.17. The molecule has 0 radical (unpaired) electrons. The number of hydrogen-bond acceptors (Lipinski definition) is 5. The molecule has 1 aliphatic rings. The molecule has 1 saturated heterocycles. The van der Waals surface area contributed by atoms with Crippen LogP contribution >= 0.6 is 0 Å². The molecular weight excluding hydrogens is 395 g/mol. The molecule has 1 fully saturated rings. The molecule has 4 aromatic rings. The zero-order valence-corrected chi connectivity index (χ0v) is 17.7. The van der Waals surface area contributed by atoms with Crippen LogP contribution < -0.4 is 10.5 Å². The van der Waals surface area contributed by atoms with Gasteiger partial charge in [-0.2, -0.15) is 0 Å². The number of anilines is 1. The Labute approximate surface area is 179 Å². The van der Waals surface area contributed by atoms with Crippen molar-refractivity contribution < 1.29 is 4.39 Å². The van der Waals surface area contributed by atoms with Gasteiger partial charge in [0.2, 0.25) is 0 Å². The maximum Gasteiger partial charge on any atom is 0.261 e. The Morgan fingerprint density at radius 3 is 2.65 bits per heavy atom. The molecule has 160 valence electrons. The van der Waals surface area contributed by atoms with Gasteiger partial charge < -0.3 is 9.30 Å². The van der Waals surface area contributed by atoms with Gasteiger partial charge in [-0.15, -0.1) is 0 Å². The lowest BCUT2D eigenvalue weighted by molar-refractivity contribution is 0.247. The summed E-state index contributed by atoms with van der Waals surface area (Å²) in [6, 6.07) is 9.13. The van der Waals surface area contributed by atoms with Crippen LogP contribution in [0.2, 0.25) is 0 Å². The summed E-state index contributed by atoms with van der Waals surface area (Å²) in [5, 5.41) is 0.655. The number of piperazine rings is 1. The van der Waals surface area contributed by atoms with Crippen LogP contribution in [0.25, 0.3) is 16.6 Å². The molecule has 0 bridgehead atoms. The van der Waals surface area contributed by atoms with Crippen molar-refractivity contribution in [1.29, 1.82) is 0 Å². The minimum absolute atomic E-state index is 0.00343. The molecule has 0 aliphatic carbocycles. The van der Waals surface area contributed by atoms with E-state index in [4.69, 9.17) is 0 Å². The first-order valence-corrected chi connectivity index (χ1v) is 10.6. The summed E-state index contributed by atoms with van der Waals surface area (Å²) in [7, 11) is 0. The van der Waals surface area contributed by atoms with Crippen molar-refractivity contribution in [3.63, 3.8) is 0 Å². The average molecular weight is 420 g/mol. The van der Waals surface area contributed by atoms with E-state index in [2.05, 4.69) is 19.8 Å². The Morgan fingerprint density at radius 2 is 1.87 bits per heavy atom. The number of halogens is 1. The summed E-state index contributed by atoms with van der Waals surface area (Å²) in [4.78, 5) is 26.4. The lowest BCUT2D eigenvalue weighted by Crippen LogP contribution is -2.46. The molecule has 7 nitrogen and oxygen atoms in total. The third kappa shape index (κ3) is 3.79. The number of imidazole rings is 1. The van der Waals surface area contributed by atoms with E-state index in [0.717, 1.165) is 55.3 Å².